The zero-order valence-electron chi connectivity index (χ0n) is 10.1. The Morgan fingerprint density at radius 2 is 1.84 bits per heavy atom. The first-order valence-electron chi connectivity index (χ1n) is 5.46. The van der Waals surface area contributed by atoms with Crippen LogP contribution in [0.2, 0.25) is 10.0 Å². The average Bonchev–Trinajstić information content (AvgIpc) is 2.40. The minimum atomic E-state index is -0.234. The van der Waals surface area contributed by atoms with Crippen LogP contribution in [0.25, 0.3) is 0 Å². The predicted molar refractivity (Wildman–Crippen MR) is 77.3 cm³/mol. The Hall–Kier alpha value is -1.71. The van der Waals surface area contributed by atoms with Crippen LogP contribution in [-0.4, -0.2) is 12.9 Å². The van der Waals surface area contributed by atoms with Crippen molar-refractivity contribution in [1.82, 2.24) is 0 Å². The summed E-state index contributed by atoms with van der Waals surface area (Å²) in [5.74, 6) is 0.277. The molecule has 98 valence electrons. The van der Waals surface area contributed by atoms with Gasteiger partial charge in [-0.05, 0) is 36.4 Å². The summed E-state index contributed by atoms with van der Waals surface area (Å²) in [5, 5.41) is 0.722. The van der Waals surface area contributed by atoms with Crippen molar-refractivity contribution >= 4 is 34.7 Å². The number of nitrogen functional groups attached to an aromatic ring is 1. The fourth-order valence-electron chi connectivity index (χ4n) is 1.68. The zero-order chi connectivity index (χ0) is 14.0. The molecular weight excluding hydrogens is 285 g/mol. The Kier molecular flexibility index (Phi) is 3.98. The molecule has 0 aliphatic rings. The van der Waals surface area contributed by atoms with Crippen molar-refractivity contribution in [3.05, 3.63) is 57.6 Å². The number of rotatable bonds is 3. The highest BCUT2D eigenvalue weighted by Crippen LogP contribution is 2.28. The van der Waals surface area contributed by atoms with E-state index in [1.807, 2.05) is 0 Å². The van der Waals surface area contributed by atoms with Crippen LogP contribution >= 0.6 is 23.2 Å². The quantitative estimate of drug-likeness (QED) is 0.692. The maximum atomic E-state index is 12.3. The van der Waals surface area contributed by atoms with Gasteiger partial charge >= 0.3 is 0 Å². The van der Waals surface area contributed by atoms with Gasteiger partial charge < -0.3 is 10.5 Å². The topological polar surface area (TPSA) is 52.3 Å². The number of nitrogens with two attached hydrogens (primary N) is 1. The largest absolute Gasteiger partial charge is 0.495 e. The van der Waals surface area contributed by atoms with Gasteiger partial charge in [-0.2, -0.15) is 0 Å². The van der Waals surface area contributed by atoms with E-state index in [0.717, 1.165) is 0 Å². The van der Waals surface area contributed by atoms with Crippen molar-refractivity contribution < 1.29 is 9.53 Å². The lowest BCUT2D eigenvalue weighted by molar-refractivity contribution is 0.103. The van der Waals surface area contributed by atoms with Crippen molar-refractivity contribution in [3.8, 4) is 5.75 Å². The van der Waals surface area contributed by atoms with Gasteiger partial charge in [0.05, 0.1) is 17.2 Å². The molecule has 0 atom stereocenters. The summed E-state index contributed by atoms with van der Waals surface area (Å²) >= 11 is 12.0. The third kappa shape index (κ3) is 2.83. The third-order valence-electron chi connectivity index (χ3n) is 2.65. The molecule has 19 heavy (non-hydrogen) atoms. The molecule has 0 radical (unpaired) electrons. The number of methoxy groups -OCH3 is 1. The Labute approximate surface area is 120 Å². The standard InChI is InChI=1S/C14H11Cl2NO2/c1-19-13-5-2-8(6-12(13)16)14(18)10-7-9(17)3-4-11(10)15/h2-7H,17H2,1H3. The Morgan fingerprint density at radius 3 is 2.47 bits per heavy atom. The maximum Gasteiger partial charge on any atom is 0.194 e. The van der Waals surface area contributed by atoms with E-state index in [1.54, 1.807) is 36.4 Å². The second-order valence-electron chi connectivity index (χ2n) is 3.92. The van der Waals surface area contributed by atoms with E-state index < -0.39 is 0 Å². The maximum absolute atomic E-state index is 12.3. The fourth-order valence-corrected chi connectivity index (χ4v) is 2.14. The number of hydrogen-bond donors (Lipinski definition) is 1. The minimum Gasteiger partial charge on any atom is -0.495 e. The summed E-state index contributed by atoms with van der Waals surface area (Å²) in [6, 6.07) is 9.59. The van der Waals surface area contributed by atoms with E-state index in [1.165, 1.54) is 7.11 Å². The third-order valence-corrected chi connectivity index (χ3v) is 3.27. The van der Waals surface area contributed by atoms with E-state index in [0.29, 0.717) is 32.6 Å². The summed E-state index contributed by atoms with van der Waals surface area (Å²) in [6.45, 7) is 0. The molecule has 2 rings (SSSR count). The van der Waals surface area contributed by atoms with E-state index in [4.69, 9.17) is 33.7 Å². The molecule has 0 bridgehead atoms. The monoisotopic (exact) mass is 295 g/mol. The number of ether oxygens (including phenoxy) is 1. The molecule has 0 heterocycles. The summed E-state index contributed by atoms with van der Waals surface area (Å²) in [6.07, 6.45) is 0. The van der Waals surface area contributed by atoms with Crippen molar-refractivity contribution in [2.45, 2.75) is 0 Å². The molecule has 0 aromatic heterocycles. The van der Waals surface area contributed by atoms with Crippen LogP contribution in [0.4, 0.5) is 5.69 Å². The summed E-state index contributed by atoms with van der Waals surface area (Å²) in [5.41, 5.74) is 6.92. The number of carbonyl (C=O) groups is 1. The number of ketones is 1. The molecule has 0 fully saturated rings. The fraction of sp³-hybridized carbons (Fsp3) is 0.0714. The summed E-state index contributed by atoms with van der Waals surface area (Å²) in [4.78, 5) is 12.3. The molecule has 2 N–H and O–H groups in total. The van der Waals surface area contributed by atoms with Crippen molar-refractivity contribution in [2.24, 2.45) is 0 Å². The lowest BCUT2D eigenvalue weighted by atomic mass is 10.0. The van der Waals surface area contributed by atoms with Gasteiger partial charge in [0.25, 0.3) is 0 Å². The van der Waals surface area contributed by atoms with Crippen LogP contribution in [0.15, 0.2) is 36.4 Å². The van der Waals surface area contributed by atoms with E-state index in [9.17, 15) is 4.79 Å². The van der Waals surface area contributed by atoms with Gasteiger partial charge in [-0.3, -0.25) is 4.79 Å². The number of hydrogen-bond acceptors (Lipinski definition) is 3. The van der Waals surface area contributed by atoms with E-state index in [2.05, 4.69) is 0 Å². The van der Waals surface area contributed by atoms with Crippen LogP contribution < -0.4 is 10.5 Å². The smallest absolute Gasteiger partial charge is 0.194 e. The van der Waals surface area contributed by atoms with Crippen LogP contribution in [0.5, 0.6) is 5.75 Å². The lowest BCUT2D eigenvalue weighted by Gasteiger charge is -2.07. The normalized spacial score (nSPS) is 10.3. The van der Waals surface area contributed by atoms with Crippen molar-refractivity contribution in [2.75, 3.05) is 12.8 Å². The van der Waals surface area contributed by atoms with Crippen LogP contribution in [0.3, 0.4) is 0 Å². The average molecular weight is 296 g/mol. The second kappa shape index (κ2) is 5.51. The number of halogens is 2. The minimum absolute atomic E-state index is 0.234. The predicted octanol–water partition coefficient (Wildman–Crippen LogP) is 3.82. The highest BCUT2D eigenvalue weighted by molar-refractivity contribution is 6.35. The zero-order valence-corrected chi connectivity index (χ0v) is 11.6. The molecule has 0 amide bonds. The Morgan fingerprint density at radius 1 is 1.11 bits per heavy atom. The first kappa shape index (κ1) is 13.7. The lowest BCUT2D eigenvalue weighted by Crippen LogP contribution is -2.03. The molecule has 0 saturated heterocycles. The summed E-state index contributed by atoms with van der Waals surface area (Å²) < 4.78 is 5.04. The molecule has 2 aromatic rings. The van der Waals surface area contributed by atoms with Gasteiger partial charge in [0, 0.05) is 16.8 Å². The molecule has 5 heteroatoms. The Bertz CT molecular complexity index is 641. The summed E-state index contributed by atoms with van der Waals surface area (Å²) in [7, 11) is 1.51. The highest BCUT2D eigenvalue weighted by Gasteiger charge is 2.14. The molecule has 0 spiro atoms. The van der Waals surface area contributed by atoms with Gasteiger partial charge in [0.2, 0.25) is 0 Å². The van der Waals surface area contributed by atoms with Gasteiger partial charge in [0.1, 0.15) is 5.75 Å². The number of anilines is 1. The van der Waals surface area contributed by atoms with Gasteiger partial charge in [-0.1, -0.05) is 23.2 Å². The van der Waals surface area contributed by atoms with Crippen LogP contribution in [0, 0.1) is 0 Å². The Balaban J connectivity index is 2.44. The van der Waals surface area contributed by atoms with Crippen molar-refractivity contribution in [3.63, 3.8) is 0 Å². The van der Waals surface area contributed by atoms with Crippen molar-refractivity contribution in [1.29, 1.82) is 0 Å². The van der Waals surface area contributed by atoms with Crippen LogP contribution in [-0.2, 0) is 0 Å². The molecular formula is C14H11Cl2NO2. The van der Waals surface area contributed by atoms with E-state index in [-0.39, 0.29) is 5.78 Å². The first-order valence-corrected chi connectivity index (χ1v) is 6.22. The number of carbonyl (C=O) groups excluding carboxylic acids is 1. The molecule has 3 nitrogen and oxygen atoms in total. The van der Waals surface area contributed by atoms with E-state index >= 15 is 0 Å². The first-order chi connectivity index (χ1) is 9.02. The van der Waals surface area contributed by atoms with Gasteiger partial charge in [-0.15, -0.1) is 0 Å². The van der Waals surface area contributed by atoms with Crippen LogP contribution in [0.1, 0.15) is 15.9 Å². The highest BCUT2D eigenvalue weighted by atomic mass is 35.5. The van der Waals surface area contributed by atoms with Gasteiger partial charge in [-0.25, -0.2) is 0 Å². The second-order valence-corrected chi connectivity index (χ2v) is 4.73. The SMILES string of the molecule is COc1ccc(C(=O)c2cc(N)ccc2Cl)cc1Cl. The molecule has 0 saturated carbocycles. The number of benzene rings is 2. The van der Waals surface area contributed by atoms with Gasteiger partial charge in [0.15, 0.2) is 5.78 Å². The molecule has 2 aromatic carbocycles. The molecule has 0 unspecified atom stereocenters. The molecule has 0 aliphatic heterocycles. The molecule has 0 aliphatic carbocycles.